The van der Waals surface area contributed by atoms with Gasteiger partial charge in [0, 0.05) is 9.77 Å². The second-order valence-electron chi connectivity index (χ2n) is 3.97. The molecule has 0 radical (unpaired) electrons. The fourth-order valence-corrected chi connectivity index (χ4v) is 2.89. The van der Waals surface area contributed by atoms with Crippen molar-refractivity contribution < 1.29 is 4.79 Å². The van der Waals surface area contributed by atoms with Crippen molar-refractivity contribution in [2.24, 2.45) is 0 Å². The monoisotopic (exact) mass is 277 g/mol. The van der Waals surface area contributed by atoms with Crippen molar-refractivity contribution in [2.45, 2.75) is 24.3 Å². The zero-order chi connectivity index (χ0) is 13.0. The third kappa shape index (κ3) is 2.94. The Kier molecular flexibility index (Phi) is 4.44. The Bertz CT molecular complexity index is 522. The number of benzene rings is 1. The molecule has 2 rings (SSSR count). The molecule has 0 aliphatic carbocycles. The predicted octanol–water partition coefficient (Wildman–Crippen LogP) is 3.92. The SMILES string of the molecule is CCC(NC(=O)c1ccccc1S)c1cccs1. The molecule has 2 nitrogen and oxygen atoms in total. The second kappa shape index (κ2) is 6.07. The molecule has 94 valence electrons. The Morgan fingerprint density at radius 1 is 1.33 bits per heavy atom. The van der Waals surface area contributed by atoms with Crippen molar-refractivity contribution in [3.63, 3.8) is 0 Å². The maximum absolute atomic E-state index is 12.2. The highest BCUT2D eigenvalue weighted by molar-refractivity contribution is 7.80. The molecule has 1 amide bonds. The van der Waals surface area contributed by atoms with Gasteiger partial charge in [0.1, 0.15) is 0 Å². The van der Waals surface area contributed by atoms with Crippen molar-refractivity contribution in [1.29, 1.82) is 0 Å². The number of nitrogens with one attached hydrogen (secondary N) is 1. The molecule has 4 heteroatoms. The lowest BCUT2D eigenvalue weighted by atomic mass is 10.1. The van der Waals surface area contributed by atoms with Crippen molar-refractivity contribution in [3.05, 3.63) is 52.2 Å². The zero-order valence-corrected chi connectivity index (χ0v) is 11.8. The predicted molar refractivity (Wildman–Crippen MR) is 78.5 cm³/mol. The first-order valence-corrected chi connectivity index (χ1v) is 7.17. The molecule has 1 unspecified atom stereocenters. The topological polar surface area (TPSA) is 29.1 Å². The number of thiol groups is 1. The van der Waals surface area contributed by atoms with E-state index in [0.29, 0.717) is 10.5 Å². The minimum atomic E-state index is -0.0687. The molecular weight excluding hydrogens is 262 g/mol. The fraction of sp³-hybridized carbons (Fsp3) is 0.214. The summed E-state index contributed by atoms with van der Waals surface area (Å²) in [6, 6.07) is 11.5. The summed E-state index contributed by atoms with van der Waals surface area (Å²) in [5.74, 6) is -0.0687. The average molecular weight is 277 g/mol. The Hall–Kier alpha value is -1.26. The van der Waals surface area contributed by atoms with Gasteiger partial charge in [-0.3, -0.25) is 4.79 Å². The Balaban J connectivity index is 2.14. The highest BCUT2D eigenvalue weighted by Gasteiger charge is 2.15. The molecule has 0 saturated carbocycles. The number of amides is 1. The van der Waals surface area contributed by atoms with E-state index in [4.69, 9.17) is 0 Å². The van der Waals surface area contributed by atoms with Crippen LogP contribution in [0.5, 0.6) is 0 Å². The number of hydrogen-bond acceptors (Lipinski definition) is 3. The van der Waals surface area contributed by atoms with Gasteiger partial charge in [-0.1, -0.05) is 25.1 Å². The van der Waals surface area contributed by atoms with Gasteiger partial charge in [-0.25, -0.2) is 0 Å². The maximum Gasteiger partial charge on any atom is 0.252 e. The summed E-state index contributed by atoms with van der Waals surface area (Å²) in [6.07, 6.45) is 0.876. The smallest absolute Gasteiger partial charge is 0.252 e. The van der Waals surface area contributed by atoms with E-state index in [1.165, 1.54) is 4.88 Å². The summed E-state index contributed by atoms with van der Waals surface area (Å²) >= 11 is 5.97. The zero-order valence-electron chi connectivity index (χ0n) is 10.1. The van der Waals surface area contributed by atoms with E-state index in [1.54, 1.807) is 17.4 Å². The first-order valence-electron chi connectivity index (χ1n) is 5.84. The maximum atomic E-state index is 12.2. The van der Waals surface area contributed by atoms with E-state index in [9.17, 15) is 4.79 Å². The van der Waals surface area contributed by atoms with E-state index in [2.05, 4.69) is 24.9 Å². The lowest BCUT2D eigenvalue weighted by molar-refractivity contribution is 0.0933. The highest BCUT2D eigenvalue weighted by atomic mass is 32.1. The van der Waals surface area contributed by atoms with Gasteiger partial charge in [0.15, 0.2) is 0 Å². The van der Waals surface area contributed by atoms with Crippen molar-refractivity contribution in [2.75, 3.05) is 0 Å². The van der Waals surface area contributed by atoms with Crippen LogP contribution >= 0.6 is 24.0 Å². The van der Waals surface area contributed by atoms with Crippen LogP contribution in [0.25, 0.3) is 0 Å². The average Bonchev–Trinajstić information content (AvgIpc) is 2.90. The number of carbonyl (C=O) groups excluding carboxylic acids is 1. The number of thiophene rings is 1. The van der Waals surface area contributed by atoms with E-state index >= 15 is 0 Å². The second-order valence-corrected chi connectivity index (χ2v) is 5.43. The fourth-order valence-electron chi connectivity index (χ4n) is 1.77. The Morgan fingerprint density at radius 3 is 2.72 bits per heavy atom. The Morgan fingerprint density at radius 2 is 2.11 bits per heavy atom. The molecule has 1 N–H and O–H groups in total. The van der Waals surface area contributed by atoms with Crippen LogP contribution in [0.1, 0.15) is 34.6 Å². The summed E-state index contributed by atoms with van der Waals surface area (Å²) in [4.78, 5) is 14.1. The molecule has 0 fully saturated rings. The van der Waals surface area contributed by atoms with E-state index in [-0.39, 0.29) is 11.9 Å². The number of carbonyl (C=O) groups is 1. The van der Waals surface area contributed by atoms with Crippen LogP contribution in [-0.2, 0) is 0 Å². The standard InChI is InChI=1S/C14H15NOS2/c1-2-11(13-8-5-9-18-13)15-14(16)10-6-3-4-7-12(10)17/h3-9,11,17H,2H2,1H3,(H,15,16). The van der Waals surface area contributed by atoms with Crippen molar-refractivity contribution in [3.8, 4) is 0 Å². The molecule has 1 atom stereocenters. The summed E-state index contributed by atoms with van der Waals surface area (Å²) in [5.41, 5.74) is 0.621. The van der Waals surface area contributed by atoms with Crippen LogP contribution < -0.4 is 5.32 Å². The number of rotatable bonds is 4. The first-order chi connectivity index (χ1) is 8.72. The van der Waals surface area contributed by atoms with E-state index < -0.39 is 0 Å². The van der Waals surface area contributed by atoms with Crippen LogP contribution in [0.4, 0.5) is 0 Å². The third-order valence-corrected chi connectivity index (χ3v) is 4.12. The van der Waals surface area contributed by atoms with E-state index in [1.807, 2.05) is 35.7 Å². The molecule has 0 bridgehead atoms. The van der Waals surface area contributed by atoms with Crippen LogP contribution in [0.3, 0.4) is 0 Å². The normalized spacial score (nSPS) is 12.1. The molecule has 0 aliphatic heterocycles. The minimum absolute atomic E-state index is 0.0687. The number of hydrogen-bond donors (Lipinski definition) is 2. The molecule has 1 heterocycles. The Labute approximate surface area is 116 Å². The molecule has 1 aromatic carbocycles. The largest absolute Gasteiger partial charge is 0.344 e. The van der Waals surface area contributed by atoms with Gasteiger partial charge in [0.25, 0.3) is 5.91 Å². The molecular formula is C14H15NOS2. The summed E-state index contributed by atoms with van der Waals surface area (Å²) in [6.45, 7) is 2.07. The van der Waals surface area contributed by atoms with Crippen molar-refractivity contribution >= 4 is 29.9 Å². The lowest BCUT2D eigenvalue weighted by Crippen LogP contribution is -2.27. The van der Waals surface area contributed by atoms with Gasteiger partial charge in [-0.15, -0.1) is 24.0 Å². The minimum Gasteiger partial charge on any atom is -0.344 e. The third-order valence-electron chi connectivity index (χ3n) is 2.75. The highest BCUT2D eigenvalue weighted by Crippen LogP contribution is 2.23. The van der Waals surface area contributed by atoms with Gasteiger partial charge in [0.05, 0.1) is 11.6 Å². The summed E-state index contributed by atoms with van der Waals surface area (Å²) < 4.78 is 0. The summed E-state index contributed by atoms with van der Waals surface area (Å²) in [7, 11) is 0. The first kappa shape index (κ1) is 13.2. The summed E-state index contributed by atoms with van der Waals surface area (Å²) in [5, 5.41) is 5.07. The van der Waals surface area contributed by atoms with Gasteiger partial charge >= 0.3 is 0 Å². The molecule has 0 aliphatic rings. The van der Waals surface area contributed by atoms with Gasteiger partial charge in [-0.2, -0.15) is 0 Å². The lowest BCUT2D eigenvalue weighted by Gasteiger charge is -2.16. The molecule has 0 spiro atoms. The molecule has 18 heavy (non-hydrogen) atoms. The van der Waals surface area contributed by atoms with Crippen molar-refractivity contribution in [1.82, 2.24) is 5.32 Å². The quantitative estimate of drug-likeness (QED) is 0.815. The van der Waals surface area contributed by atoms with Gasteiger partial charge in [-0.05, 0) is 30.0 Å². The van der Waals surface area contributed by atoms with Gasteiger partial charge in [0.2, 0.25) is 0 Å². The van der Waals surface area contributed by atoms with Crippen LogP contribution in [-0.4, -0.2) is 5.91 Å². The van der Waals surface area contributed by atoms with E-state index in [0.717, 1.165) is 6.42 Å². The molecule has 2 aromatic rings. The van der Waals surface area contributed by atoms with Crippen LogP contribution in [0, 0.1) is 0 Å². The van der Waals surface area contributed by atoms with Gasteiger partial charge < -0.3 is 5.32 Å². The molecule has 0 saturated heterocycles. The van der Waals surface area contributed by atoms with Crippen LogP contribution in [0.15, 0.2) is 46.7 Å². The van der Waals surface area contributed by atoms with Crippen LogP contribution in [0.2, 0.25) is 0 Å². The molecule has 1 aromatic heterocycles.